The monoisotopic (exact) mass is 347 g/mol. The van der Waals surface area contributed by atoms with Crippen LogP contribution in [0.5, 0.6) is 5.75 Å². The second-order valence-corrected chi connectivity index (χ2v) is 7.20. The maximum atomic E-state index is 12.6. The van der Waals surface area contributed by atoms with E-state index >= 15 is 0 Å². The molecule has 6 nitrogen and oxygen atoms in total. The summed E-state index contributed by atoms with van der Waals surface area (Å²) in [4.78, 5) is 38.0. The van der Waals surface area contributed by atoms with Crippen LogP contribution in [0.15, 0.2) is 18.2 Å². The molecule has 0 spiro atoms. The minimum atomic E-state index is -0.587. The molecule has 0 aromatic heterocycles. The van der Waals surface area contributed by atoms with E-state index < -0.39 is 11.6 Å². The second-order valence-electron chi connectivity index (χ2n) is 7.20. The number of carbonyl (C=O) groups is 3. The molecular formula is C19H25NO5. The van der Waals surface area contributed by atoms with Crippen LogP contribution < -0.4 is 4.74 Å². The van der Waals surface area contributed by atoms with Crippen LogP contribution in [0.3, 0.4) is 0 Å². The molecule has 1 aromatic rings. The van der Waals surface area contributed by atoms with Crippen LogP contribution in [0.4, 0.5) is 0 Å². The van der Waals surface area contributed by atoms with Gasteiger partial charge in [0, 0.05) is 6.04 Å². The highest BCUT2D eigenvalue weighted by atomic mass is 16.6. The first kappa shape index (κ1) is 19.0. The Morgan fingerprint density at radius 3 is 2.40 bits per heavy atom. The molecule has 1 aromatic carbocycles. The first-order chi connectivity index (χ1) is 11.6. The van der Waals surface area contributed by atoms with Crippen LogP contribution in [0, 0.1) is 0 Å². The Kier molecular flexibility index (Phi) is 5.50. The lowest BCUT2D eigenvalue weighted by molar-refractivity contribution is -0.157. The van der Waals surface area contributed by atoms with Crippen molar-refractivity contribution < 1.29 is 23.9 Å². The fourth-order valence-electron chi connectivity index (χ4n) is 2.79. The molecule has 2 amide bonds. The Labute approximate surface area is 148 Å². The van der Waals surface area contributed by atoms with E-state index in [1.807, 2.05) is 13.8 Å². The van der Waals surface area contributed by atoms with E-state index in [9.17, 15) is 14.4 Å². The average Bonchev–Trinajstić information content (AvgIpc) is 2.75. The van der Waals surface area contributed by atoms with Gasteiger partial charge >= 0.3 is 5.97 Å². The van der Waals surface area contributed by atoms with Gasteiger partial charge in [0.2, 0.25) is 0 Å². The van der Waals surface area contributed by atoms with Gasteiger partial charge in [0.05, 0.1) is 11.1 Å². The van der Waals surface area contributed by atoms with Gasteiger partial charge in [0.1, 0.15) is 11.4 Å². The molecule has 6 heteroatoms. The molecule has 0 aliphatic carbocycles. The van der Waals surface area contributed by atoms with E-state index in [0.717, 1.165) is 12.8 Å². The number of imide groups is 1. The van der Waals surface area contributed by atoms with Crippen LogP contribution in [0.25, 0.3) is 0 Å². The molecule has 0 fully saturated rings. The van der Waals surface area contributed by atoms with Crippen molar-refractivity contribution in [3.63, 3.8) is 0 Å². The van der Waals surface area contributed by atoms with Crippen molar-refractivity contribution in [2.75, 3.05) is 6.61 Å². The summed E-state index contributed by atoms with van der Waals surface area (Å²) in [5.41, 5.74) is 0.101. The van der Waals surface area contributed by atoms with Crippen LogP contribution in [0.1, 0.15) is 68.2 Å². The van der Waals surface area contributed by atoms with Gasteiger partial charge in [-0.3, -0.25) is 14.5 Å². The van der Waals surface area contributed by atoms with Gasteiger partial charge in [-0.2, -0.15) is 0 Å². The standard InChI is InChI=1S/C19H25NO5/c1-6-7-12(2)20-17(22)14-9-8-13(10-15(14)18(20)23)24-11-16(21)25-19(3,4)5/h8-10,12H,6-7,11H2,1-5H3. The zero-order chi connectivity index (χ0) is 18.8. The fourth-order valence-corrected chi connectivity index (χ4v) is 2.79. The first-order valence-corrected chi connectivity index (χ1v) is 8.50. The number of benzene rings is 1. The predicted molar refractivity (Wildman–Crippen MR) is 92.7 cm³/mol. The van der Waals surface area contributed by atoms with Crippen LogP contribution >= 0.6 is 0 Å². The highest BCUT2D eigenvalue weighted by Crippen LogP contribution is 2.29. The minimum absolute atomic E-state index is 0.150. The zero-order valence-corrected chi connectivity index (χ0v) is 15.4. The summed E-state index contributed by atoms with van der Waals surface area (Å²) < 4.78 is 10.6. The quantitative estimate of drug-likeness (QED) is 0.584. The average molecular weight is 347 g/mol. The normalized spacial score (nSPS) is 15.2. The van der Waals surface area contributed by atoms with E-state index in [1.165, 1.54) is 11.0 Å². The van der Waals surface area contributed by atoms with Gasteiger partial charge < -0.3 is 9.47 Å². The lowest BCUT2D eigenvalue weighted by Gasteiger charge is -2.21. The lowest BCUT2D eigenvalue weighted by atomic mass is 10.1. The summed E-state index contributed by atoms with van der Waals surface area (Å²) in [6.45, 7) is 8.94. The molecule has 136 valence electrons. The number of hydrogen-bond donors (Lipinski definition) is 0. The summed E-state index contributed by atoms with van der Waals surface area (Å²) in [6, 6.07) is 4.52. The van der Waals surface area contributed by atoms with Crippen molar-refractivity contribution in [1.29, 1.82) is 0 Å². The molecule has 0 radical (unpaired) electrons. The Morgan fingerprint density at radius 1 is 1.16 bits per heavy atom. The van der Waals surface area contributed by atoms with Crippen LogP contribution in [-0.4, -0.2) is 40.9 Å². The summed E-state index contributed by atoms with van der Waals surface area (Å²) in [7, 11) is 0. The number of carbonyl (C=O) groups excluding carboxylic acids is 3. The van der Waals surface area contributed by atoms with Crippen molar-refractivity contribution in [3.05, 3.63) is 29.3 Å². The maximum absolute atomic E-state index is 12.6. The molecule has 1 aliphatic rings. The van der Waals surface area contributed by atoms with Crippen LogP contribution in [-0.2, 0) is 9.53 Å². The fraction of sp³-hybridized carbons (Fsp3) is 0.526. The van der Waals surface area contributed by atoms with Crippen molar-refractivity contribution in [1.82, 2.24) is 4.90 Å². The number of fused-ring (bicyclic) bond motifs is 1. The molecule has 0 saturated carbocycles. The number of hydrogen-bond acceptors (Lipinski definition) is 5. The van der Waals surface area contributed by atoms with Crippen molar-refractivity contribution in [2.45, 2.75) is 59.1 Å². The number of nitrogens with zero attached hydrogens (tertiary/aromatic N) is 1. The molecule has 1 aliphatic heterocycles. The van der Waals surface area contributed by atoms with E-state index in [1.54, 1.807) is 32.9 Å². The largest absolute Gasteiger partial charge is 0.482 e. The van der Waals surface area contributed by atoms with Gasteiger partial charge in [-0.05, 0) is 52.3 Å². The zero-order valence-electron chi connectivity index (χ0n) is 15.4. The number of amides is 2. The lowest BCUT2D eigenvalue weighted by Crippen LogP contribution is -2.37. The van der Waals surface area contributed by atoms with Gasteiger partial charge in [0.25, 0.3) is 11.8 Å². The molecule has 0 saturated heterocycles. The van der Waals surface area contributed by atoms with E-state index in [2.05, 4.69) is 0 Å². The van der Waals surface area contributed by atoms with E-state index in [4.69, 9.17) is 9.47 Å². The highest BCUT2D eigenvalue weighted by Gasteiger charge is 2.38. The first-order valence-electron chi connectivity index (χ1n) is 8.50. The predicted octanol–water partition coefficient (Wildman–Crippen LogP) is 3.19. The molecule has 1 heterocycles. The third kappa shape index (κ3) is 4.38. The Hall–Kier alpha value is -2.37. The van der Waals surface area contributed by atoms with Crippen molar-refractivity contribution >= 4 is 17.8 Å². The smallest absolute Gasteiger partial charge is 0.344 e. The topological polar surface area (TPSA) is 72.9 Å². The molecule has 0 bridgehead atoms. The maximum Gasteiger partial charge on any atom is 0.344 e. The summed E-state index contributed by atoms with van der Waals surface area (Å²) >= 11 is 0. The highest BCUT2D eigenvalue weighted by molar-refractivity contribution is 6.21. The molecule has 1 unspecified atom stereocenters. The summed E-state index contributed by atoms with van der Waals surface area (Å²) in [6.07, 6.45) is 1.65. The molecule has 0 N–H and O–H groups in total. The Balaban J connectivity index is 2.10. The van der Waals surface area contributed by atoms with Gasteiger partial charge in [-0.1, -0.05) is 13.3 Å². The summed E-state index contributed by atoms with van der Waals surface area (Å²) in [5, 5.41) is 0. The Bertz CT molecular complexity index is 690. The van der Waals surface area contributed by atoms with Crippen molar-refractivity contribution in [3.8, 4) is 5.75 Å². The van der Waals surface area contributed by atoms with Gasteiger partial charge in [-0.15, -0.1) is 0 Å². The Morgan fingerprint density at radius 2 is 1.80 bits per heavy atom. The molecule has 2 rings (SSSR count). The third-order valence-electron chi connectivity index (χ3n) is 3.81. The van der Waals surface area contributed by atoms with E-state index in [-0.39, 0.29) is 24.5 Å². The van der Waals surface area contributed by atoms with Gasteiger partial charge in [-0.25, -0.2) is 4.79 Å². The third-order valence-corrected chi connectivity index (χ3v) is 3.81. The minimum Gasteiger partial charge on any atom is -0.482 e. The molecular weight excluding hydrogens is 322 g/mol. The van der Waals surface area contributed by atoms with Crippen LogP contribution in [0.2, 0.25) is 0 Å². The second kappa shape index (κ2) is 7.25. The van der Waals surface area contributed by atoms with Gasteiger partial charge in [0.15, 0.2) is 6.61 Å². The molecule has 25 heavy (non-hydrogen) atoms. The summed E-state index contributed by atoms with van der Waals surface area (Å²) in [5.74, 6) is -0.729. The van der Waals surface area contributed by atoms with E-state index in [0.29, 0.717) is 16.9 Å². The number of ether oxygens (including phenoxy) is 2. The SMILES string of the molecule is CCCC(C)N1C(=O)c2ccc(OCC(=O)OC(C)(C)C)cc2C1=O. The molecule has 1 atom stereocenters. The van der Waals surface area contributed by atoms with Crippen molar-refractivity contribution in [2.24, 2.45) is 0 Å². The number of esters is 1. The number of rotatable bonds is 6.